The topological polar surface area (TPSA) is 77.0 Å². The summed E-state index contributed by atoms with van der Waals surface area (Å²) in [5.74, 6) is 0.934. The first-order valence-corrected chi connectivity index (χ1v) is 11.4. The van der Waals surface area contributed by atoms with Gasteiger partial charge in [0.2, 0.25) is 0 Å². The number of carbonyl (C=O) groups is 1. The Hall–Kier alpha value is -3.35. The molecule has 0 spiro atoms. The first-order valence-electron chi connectivity index (χ1n) is 11.4. The van der Waals surface area contributed by atoms with Crippen LogP contribution in [0.2, 0.25) is 0 Å². The van der Waals surface area contributed by atoms with E-state index < -0.39 is 11.9 Å². The quantitative estimate of drug-likeness (QED) is 0.559. The summed E-state index contributed by atoms with van der Waals surface area (Å²) in [6.45, 7) is 4.15. The highest BCUT2D eigenvalue weighted by atomic mass is 19.1. The number of aryl methyl sites for hydroxylation is 1. The van der Waals surface area contributed by atoms with Gasteiger partial charge in [-0.1, -0.05) is 12.1 Å². The lowest BCUT2D eigenvalue weighted by Crippen LogP contribution is -2.39. The molecule has 3 aromatic rings. The van der Waals surface area contributed by atoms with E-state index in [2.05, 4.69) is 15.3 Å². The summed E-state index contributed by atoms with van der Waals surface area (Å²) < 4.78 is 19.2. The number of amides is 1. The number of hydrogen-bond donors (Lipinski definition) is 1. The van der Waals surface area contributed by atoms with E-state index in [1.807, 2.05) is 25.3 Å². The Labute approximate surface area is 193 Å². The van der Waals surface area contributed by atoms with Crippen LogP contribution in [0.1, 0.15) is 50.0 Å². The van der Waals surface area contributed by atoms with Crippen LogP contribution in [-0.4, -0.2) is 33.5 Å². The SMILES string of the molecule is Cc1ncc(-c2ccncc2)c(C2CCC(CNC(=O)C(C)Oc3ccccc3F)CC2)n1. The average Bonchev–Trinajstić information content (AvgIpc) is 2.84. The molecular weight excluding hydrogens is 419 g/mol. The van der Waals surface area contributed by atoms with E-state index in [1.54, 1.807) is 31.5 Å². The molecule has 4 rings (SSSR count). The minimum Gasteiger partial charge on any atom is -0.478 e. The summed E-state index contributed by atoms with van der Waals surface area (Å²) >= 11 is 0. The van der Waals surface area contributed by atoms with Crippen molar-refractivity contribution in [3.8, 4) is 16.9 Å². The number of aromatic nitrogens is 3. The molecule has 2 heterocycles. The van der Waals surface area contributed by atoms with Gasteiger partial charge < -0.3 is 10.1 Å². The van der Waals surface area contributed by atoms with Gasteiger partial charge >= 0.3 is 0 Å². The second-order valence-electron chi connectivity index (χ2n) is 8.61. The fourth-order valence-corrected chi connectivity index (χ4v) is 4.37. The Bertz CT molecular complexity index is 1080. The minimum absolute atomic E-state index is 0.0887. The van der Waals surface area contributed by atoms with Crippen LogP contribution in [0.15, 0.2) is 55.0 Å². The zero-order chi connectivity index (χ0) is 23.2. The Morgan fingerprint density at radius 3 is 2.61 bits per heavy atom. The standard InChI is InChI=1S/C26H29FN4O2/c1-17(33-24-6-4-3-5-23(24)27)26(32)30-15-19-7-9-21(10-8-19)25-22(16-29-18(2)31-25)20-11-13-28-14-12-20/h3-6,11-14,16-17,19,21H,7-10,15H2,1-2H3,(H,30,32). The number of carbonyl (C=O) groups excluding carboxylic acids is 1. The fraction of sp³-hybridized carbons (Fsp3) is 0.385. The van der Waals surface area contributed by atoms with Crippen LogP contribution < -0.4 is 10.1 Å². The number of nitrogens with zero attached hydrogens (tertiary/aromatic N) is 3. The van der Waals surface area contributed by atoms with Crippen LogP contribution in [0, 0.1) is 18.7 Å². The van der Waals surface area contributed by atoms with Crippen LogP contribution in [0.4, 0.5) is 4.39 Å². The van der Waals surface area contributed by atoms with Gasteiger partial charge in [0.15, 0.2) is 17.7 Å². The zero-order valence-electron chi connectivity index (χ0n) is 19.0. The minimum atomic E-state index is -0.759. The predicted octanol–water partition coefficient (Wildman–Crippen LogP) is 4.84. The molecule has 1 aliphatic carbocycles. The predicted molar refractivity (Wildman–Crippen MR) is 124 cm³/mol. The summed E-state index contributed by atoms with van der Waals surface area (Å²) in [6, 6.07) is 10.1. The summed E-state index contributed by atoms with van der Waals surface area (Å²) in [5.41, 5.74) is 3.25. The molecule has 6 nitrogen and oxygen atoms in total. The Kier molecular flexibility index (Phi) is 7.27. The molecule has 0 aliphatic heterocycles. The van der Waals surface area contributed by atoms with Gasteiger partial charge in [0, 0.05) is 36.6 Å². The van der Waals surface area contributed by atoms with E-state index >= 15 is 0 Å². The molecule has 1 atom stereocenters. The maximum Gasteiger partial charge on any atom is 0.260 e. The van der Waals surface area contributed by atoms with Gasteiger partial charge in [-0.2, -0.15) is 0 Å². The summed E-state index contributed by atoms with van der Waals surface area (Å²) in [6.07, 6.45) is 8.76. The van der Waals surface area contributed by atoms with Gasteiger partial charge in [-0.05, 0) is 75.3 Å². The van der Waals surface area contributed by atoms with Crippen LogP contribution in [0.25, 0.3) is 11.1 Å². The van der Waals surface area contributed by atoms with Crippen molar-refractivity contribution in [3.63, 3.8) is 0 Å². The molecular formula is C26H29FN4O2. The maximum absolute atomic E-state index is 13.8. The Balaban J connectivity index is 1.31. The van der Waals surface area contributed by atoms with Crippen molar-refractivity contribution in [2.24, 2.45) is 5.92 Å². The highest BCUT2D eigenvalue weighted by Crippen LogP contribution is 2.38. The van der Waals surface area contributed by atoms with E-state index in [-0.39, 0.29) is 11.7 Å². The number of ether oxygens (including phenoxy) is 1. The van der Waals surface area contributed by atoms with Crippen LogP contribution in [0.5, 0.6) is 5.75 Å². The molecule has 1 unspecified atom stereocenters. The number of hydrogen-bond acceptors (Lipinski definition) is 5. The molecule has 7 heteroatoms. The lowest BCUT2D eigenvalue weighted by atomic mass is 9.79. The molecule has 172 valence electrons. The monoisotopic (exact) mass is 448 g/mol. The van der Waals surface area contributed by atoms with Crippen molar-refractivity contribution in [1.82, 2.24) is 20.3 Å². The zero-order valence-corrected chi connectivity index (χ0v) is 19.0. The summed E-state index contributed by atoms with van der Waals surface area (Å²) in [7, 11) is 0. The third-order valence-electron chi connectivity index (χ3n) is 6.24. The van der Waals surface area contributed by atoms with Crippen molar-refractivity contribution < 1.29 is 13.9 Å². The molecule has 1 saturated carbocycles. The van der Waals surface area contributed by atoms with E-state index in [4.69, 9.17) is 9.72 Å². The van der Waals surface area contributed by atoms with Gasteiger partial charge in [0.1, 0.15) is 5.82 Å². The van der Waals surface area contributed by atoms with Gasteiger partial charge in [-0.3, -0.25) is 9.78 Å². The number of rotatable bonds is 7. The third-order valence-corrected chi connectivity index (χ3v) is 6.24. The van der Waals surface area contributed by atoms with Crippen molar-refractivity contribution in [2.75, 3.05) is 6.54 Å². The van der Waals surface area contributed by atoms with Crippen LogP contribution in [0.3, 0.4) is 0 Å². The maximum atomic E-state index is 13.8. The molecule has 1 amide bonds. The fourth-order valence-electron chi connectivity index (χ4n) is 4.37. The van der Waals surface area contributed by atoms with Gasteiger partial charge in [0.25, 0.3) is 5.91 Å². The van der Waals surface area contributed by atoms with E-state index in [0.29, 0.717) is 18.4 Å². The number of para-hydroxylation sites is 1. The molecule has 33 heavy (non-hydrogen) atoms. The summed E-state index contributed by atoms with van der Waals surface area (Å²) in [5, 5.41) is 2.97. The number of pyridine rings is 1. The molecule has 1 aliphatic rings. The van der Waals surface area contributed by atoms with Gasteiger partial charge in [0.05, 0.1) is 5.69 Å². The van der Waals surface area contributed by atoms with Crippen molar-refractivity contribution >= 4 is 5.91 Å². The smallest absolute Gasteiger partial charge is 0.260 e. The Morgan fingerprint density at radius 1 is 1.15 bits per heavy atom. The second kappa shape index (κ2) is 10.5. The molecule has 0 radical (unpaired) electrons. The average molecular weight is 449 g/mol. The van der Waals surface area contributed by atoms with Gasteiger partial charge in [-0.25, -0.2) is 14.4 Å². The van der Waals surface area contributed by atoms with Crippen molar-refractivity contribution in [3.05, 3.63) is 72.3 Å². The molecule has 1 N–H and O–H groups in total. The van der Waals surface area contributed by atoms with Crippen molar-refractivity contribution in [1.29, 1.82) is 0 Å². The molecule has 1 aromatic carbocycles. The third kappa shape index (κ3) is 5.72. The first-order chi connectivity index (χ1) is 16.0. The lowest BCUT2D eigenvalue weighted by Gasteiger charge is -2.29. The highest BCUT2D eigenvalue weighted by Gasteiger charge is 2.27. The molecule has 1 fully saturated rings. The first kappa shape index (κ1) is 22.8. The number of benzene rings is 1. The van der Waals surface area contributed by atoms with Crippen LogP contribution >= 0.6 is 0 Å². The summed E-state index contributed by atoms with van der Waals surface area (Å²) in [4.78, 5) is 25.8. The van der Waals surface area contributed by atoms with E-state index in [0.717, 1.165) is 48.3 Å². The number of nitrogens with one attached hydrogen (secondary N) is 1. The second-order valence-corrected chi connectivity index (χ2v) is 8.61. The van der Waals surface area contributed by atoms with E-state index in [1.165, 1.54) is 12.1 Å². The molecule has 0 bridgehead atoms. The largest absolute Gasteiger partial charge is 0.478 e. The number of halogens is 1. The normalized spacial score (nSPS) is 19.0. The van der Waals surface area contributed by atoms with Crippen LogP contribution in [-0.2, 0) is 4.79 Å². The van der Waals surface area contributed by atoms with Gasteiger partial charge in [-0.15, -0.1) is 0 Å². The molecule has 0 saturated heterocycles. The van der Waals surface area contributed by atoms with E-state index in [9.17, 15) is 9.18 Å². The van der Waals surface area contributed by atoms with Crippen molar-refractivity contribution in [2.45, 2.75) is 51.6 Å². The highest BCUT2D eigenvalue weighted by molar-refractivity contribution is 5.80. The Morgan fingerprint density at radius 2 is 1.88 bits per heavy atom. The molecule has 2 aromatic heterocycles. The lowest BCUT2D eigenvalue weighted by molar-refractivity contribution is -0.127.